The lowest BCUT2D eigenvalue weighted by Gasteiger charge is -2.32. The molecule has 0 saturated carbocycles. The van der Waals surface area contributed by atoms with E-state index >= 15 is 0 Å². The molecule has 6 heteroatoms. The quantitative estimate of drug-likeness (QED) is 0.675. The highest BCUT2D eigenvalue weighted by molar-refractivity contribution is 9.10. The van der Waals surface area contributed by atoms with Crippen LogP contribution >= 0.6 is 15.9 Å². The van der Waals surface area contributed by atoms with E-state index < -0.39 is 0 Å². The van der Waals surface area contributed by atoms with Gasteiger partial charge in [0.2, 0.25) is 5.91 Å². The van der Waals surface area contributed by atoms with Gasteiger partial charge in [-0.05, 0) is 24.3 Å². The SMILES string of the molecule is O=C1C[C@H]([NH+]2CC[NH+](Cc3ccccc3)CC2)C(=O)N1c1ccc(Br)cc1. The van der Waals surface area contributed by atoms with Gasteiger partial charge in [-0.1, -0.05) is 46.3 Å². The van der Waals surface area contributed by atoms with Crippen molar-refractivity contribution in [2.45, 2.75) is 19.0 Å². The predicted molar refractivity (Wildman–Crippen MR) is 107 cm³/mol. The largest absolute Gasteiger partial charge is 0.322 e. The molecule has 2 aliphatic rings. The van der Waals surface area contributed by atoms with Crippen molar-refractivity contribution in [3.05, 3.63) is 64.6 Å². The topological polar surface area (TPSA) is 46.3 Å². The van der Waals surface area contributed by atoms with Gasteiger partial charge in [0, 0.05) is 10.0 Å². The second-order valence-electron chi connectivity index (χ2n) is 7.37. The van der Waals surface area contributed by atoms with Crippen LogP contribution in [-0.4, -0.2) is 44.0 Å². The van der Waals surface area contributed by atoms with E-state index in [1.807, 2.05) is 30.3 Å². The van der Waals surface area contributed by atoms with Gasteiger partial charge in [0.05, 0.1) is 12.1 Å². The van der Waals surface area contributed by atoms with Crippen molar-refractivity contribution >= 4 is 33.4 Å². The van der Waals surface area contributed by atoms with Gasteiger partial charge in [0.15, 0.2) is 6.04 Å². The number of carbonyl (C=O) groups excluding carboxylic acids is 2. The number of rotatable bonds is 4. The minimum absolute atomic E-state index is 0.0520. The number of carbonyl (C=O) groups is 2. The molecule has 140 valence electrons. The highest BCUT2D eigenvalue weighted by Crippen LogP contribution is 2.23. The van der Waals surface area contributed by atoms with Crippen LogP contribution in [0.4, 0.5) is 5.69 Å². The van der Waals surface area contributed by atoms with Gasteiger partial charge < -0.3 is 9.80 Å². The standard InChI is InChI=1S/C21H22BrN3O2/c22-17-6-8-18(9-7-17)25-20(26)14-19(21(25)27)24-12-10-23(11-13-24)15-16-4-2-1-3-5-16/h1-9,19H,10-15H2/p+2/t19-/m0/s1. The summed E-state index contributed by atoms with van der Waals surface area (Å²) in [5.74, 6) is -0.136. The number of benzene rings is 2. The third-order valence-electron chi connectivity index (χ3n) is 5.62. The Morgan fingerprint density at radius 3 is 2.26 bits per heavy atom. The van der Waals surface area contributed by atoms with E-state index in [0.717, 1.165) is 37.2 Å². The molecular weight excluding hydrogens is 406 g/mol. The number of nitrogens with zero attached hydrogens (tertiary/aromatic N) is 1. The summed E-state index contributed by atoms with van der Waals surface area (Å²) in [7, 11) is 0. The number of amides is 2. The molecule has 2 heterocycles. The van der Waals surface area contributed by atoms with Crippen molar-refractivity contribution < 1.29 is 19.4 Å². The minimum atomic E-state index is -0.237. The van der Waals surface area contributed by atoms with Gasteiger partial charge in [0.25, 0.3) is 5.91 Å². The number of nitrogens with one attached hydrogen (secondary N) is 2. The van der Waals surface area contributed by atoms with E-state index in [2.05, 4.69) is 40.2 Å². The number of imide groups is 1. The van der Waals surface area contributed by atoms with Gasteiger partial charge in [-0.15, -0.1) is 0 Å². The second kappa shape index (κ2) is 7.92. The zero-order valence-corrected chi connectivity index (χ0v) is 16.7. The summed E-state index contributed by atoms with van der Waals surface area (Å²) in [5.41, 5.74) is 2.02. The maximum Gasteiger partial charge on any atom is 0.292 e. The smallest absolute Gasteiger partial charge is 0.292 e. The van der Waals surface area contributed by atoms with Gasteiger partial charge in [-0.3, -0.25) is 9.59 Å². The zero-order valence-electron chi connectivity index (χ0n) is 15.2. The molecule has 0 bridgehead atoms. The number of halogens is 1. The van der Waals surface area contributed by atoms with E-state index in [-0.39, 0.29) is 17.9 Å². The molecule has 0 aromatic heterocycles. The van der Waals surface area contributed by atoms with Gasteiger partial charge >= 0.3 is 0 Å². The maximum absolute atomic E-state index is 12.9. The monoisotopic (exact) mass is 429 g/mol. The summed E-state index contributed by atoms with van der Waals surface area (Å²) in [6.07, 6.45) is 0.318. The zero-order chi connectivity index (χ0) is 18.8. The van der Waals surface area contributed by atoms with Crippen LogP contribution in [0.3, 0.4) is 0 Å². The Morgan fingerprint density at radius 1 is 0.926 bits per heavy atom. The minimum Gasteiger partial charge on any atom is -0.322 e. The summed E-state index contributed by atoms with van der Waals surface area (Å²) >= 11 is 3.39. The van der Waals surface area contributed by atoms with E-state index in [0.29, 0.717) is 12.1 Å². The van der Waals surface area contributed by atoms with Crippen LogP contribution in [0.5, 0.6) is 0 Å². The first-order valence-corrected chi connectivity index (χ1v) is 10.3. The Balaban J connectivity index is 1.38. The fraction of sp³-hybridized carbons (Fsp3) is 0.333. The average Bonchev–Trinajstić information content (AvgIpc) is 2.98. The van der Waals surface area contributed by atoms with E-state index in [1.54, 1.807) is 4.90 Å². The highest BCUT2D eigenvalue weighted by Gasteiger charge is 2.46. The summed E-state index contributed by atoms with van der Waals surface area (Å²) in [5, 5.41) is 0. The van der Waals surface area contributed by atoms with Crippen LogP contribution in [-0.2, 0) is 16.1 Å². The average molecular weight is 430 g/mol. The van der Waals surface area contributed by atoms with E-state index in [1.165, 1.54) is 15.4 Å². The molecule has 27 heavy (non-hydrogen) atoms. The fourth-order valence-electron chi connectivity index (χ4n) is 4.15. The summed E-state index contributed by atoms with van der Waals surface area (Å²) in [6.45, 7) is 4.94. The molecule has 2 fully saturated rings. The third-order valence-corrected chi connectivity index (χ3v) is 6.15. The third kappa shape index (κ3) is 3.98. The Morgan fingerprint density at radius 2 is 1.59 bits per heavy atom. The Bertz CT molecular complexity index is 817. The van der Waals surface area contributed by atoms with Gasteiger partial charge in [0.1, 0.15) is 32.7 Å². The number of hydrogen-bond donors (Lipinski definition) is 2. The molecule has 2 aromatic carbocycles. The van der Waals surface area contributed by atoms with Crippen molar-refractivity contribution in [3.8, 4) is 0 Å². The molecule has 0 radical (unpaired) electrons. The first-order valence-electron chi connectivity index (χ1n) is 9.46. The van der Waals surface area contributed by atoms with Crippen molar-refractivity contribution in [2.24, 2.45) is 0 Å². The first kappa shape index (κ1) is 18.3. The Hall–Kier alpha value is -2.02. The normalized spacial score (nSPS) is 25.8. The van der Waals surface area contributed by atoms with Crippen molar-refractivity contribution in [1.82, 2.24) is 0 Å². The Kier molecular flexibility index (Phi) is 5.38. The van der Waals surface area contributed by atoms with Crippen LogP contribution in [0.1, 0.15) is 12.0 Å². The Labute approximate surface area is 167 Å². The highest BCUT2D eigenvalue weighted by atomic mass is 79.9. The molecule has 0 aliphatic carbocycles. The lowest BCUT2D eigenvalue weighted by molar-refractivity contribution is -1.02. The lowest BCUT2D eigenvalue weighted by atomic mass is 10.1. The van der Waals surface area contributed by atoms with Crippen LogP contribution in [0, 0.1) is 0 Å². The molecule has 2 aromatic rings. The van der Waals surface area contributed by atoms with Gasteiger partial charge in [-0.25, -0.2) is 4.90 Å². The summed E-state index contributed by atoms with van der Waals surface area (Å²) in [6, 6.07) is 17.7. The van der Waals surface area contributed by atoms with E-state index in [9.17, 15) is 9.59 Å². The first-order chi connectivity index (χ1) is 13.1. The molecule has 2 saturated heterocycles. The summed E-state index contributed by atoms with van der Waals surface area (Å²) in [4.78, 5) is 29.6. The van der Waals surface area contributed by atoms with E-state index in [4.69, 9.17) is 0 Å². The van der Waals surface area contributed by atoms with Crippen molar-refractivity contribution in [1.29, 1.82) is 0 Å². The van der Waals surface area contributed by atoms with Crippen molar-refractivity contribution in [3.63, 3.8) is 0 Å². The molecular formula is C21H24BrN3O2+2. The molecule has 0 spiro atoms. The second-order valence-corrected chi connectivity index (χ2v) is 8.29. The lowest BCUT2D eigenvalue weighted by Crippen LogP contribution is -3.29. The molecule has 0 unspecified atom stereocenters. The van der Waals surface area contributed by atoms with Crippen LogP contribution in [0.2, 0.25) is 0 Å². The maximum atomic E-state index is 12.9. The van der Waals surface area contributed by atoms with Crippen LogP contribution in [0.25, 0.3) is 0 Å². The number of piperazine rings is 1. The fourth-order valence-corrected chi connectivity index (χ4v) is 4.41. The number of hydrogen-bond acceptors (Lipinski definition) is 2. The molecule has 2 N–H and O–H groups in total. The number of anilines is 1. The summed E-state index contributed by atoms with van der Waals surface area (Å²) < 4.78 is 0.935. The molecule has 4 rings (SSSR count). The molecule has 1 atom stereocenters. The molecule has 2 aliphatic heterocycles. The van der Waals surface area contributed by atoms with Crippen LogP contribution < -0.4 is 14.7 Å². The van der Waals surface area contributed by atoms with Crippen molar-refractivity contribution in [2.75, 3.05) is 31.1 Å². The van der Waals surface area contributed by atoms with Gasteiger partial charge in [-0.2, -0.15) is 0 Å². The van der Waals surface area contributed by atoms with Crippen LogP contribution in [0.15, 0.2) is 59.1 Å². The number of quaternary nitrogens is 2. The predicted octanol–water partition coefficient (Wildman–Crippen LogP) is 0.0646. The molecule has 5 nitrogen and oxygen atoms in total. The molecule has 2 amide bonds.